The molecule has 3 aromatic heterocycles. The molecule has 1 atom stereocenters. The number of rotatable bonds is 4. The number of halogens is 1. The summed E-state index contributed by atoms with van der Waals surface area (Å²) >= 11 is 0. The molecule has 4 heterocycles. The number of aromatic nitrogens is 6. The number of hydrogen-bond acceptors (Lipinski definition) is 6. The number of piperidine rings is 1. The highest BCUT2D eigenvalue weighted by Gasteiger charge is 2.28. The number of hydrogen-bond donors (Lipinski definition) is 0. The maximum absolute atomic E-state index is 13.8. The van der Waals surface area contributed by atoms with Crippen molar-refractivity contribution >= 4 is 11.6 Å². The maximum Gasteiger partial charge on any atom is 0.258 e. The molecule has 1 aliphatic rings. The van der Waals surface area contributed by atoms with E-state index in [1.807, 2.05) is 18.2 Å². The molecule has 1 aliphatic heterocycles. The Morgan fingerprint density at radius 2 is 1.97 bits per heavy atom. The van der Waals surface area contributed by atoms with Gasteiger partial charge in [0.25, 0.3) is 11.8 Å². The quantitative estimate of drug-likeness (QED) is 0.515. The van der Waals surface area contributed by atoms with Gasteiger partial charge in [-0.1, -0.05) is 12.1 Å². The monoisotopic (exact) mass is 407 g/mol. The molecule has 1 amide bonds. The second kappa shape index (κ2) is 7.54. The first-order valence-electron chi connectivity index (χ1n) is 9.60. The molecule has 152 valence electrons. The van der Waals surface area contributed by atoms with Crippen molar-refractivity contribution in [1.29, 1.82) is 0 Å². The van der Waals surface area contributed by atoms with Crippen molar-refractivity contribution in [2.24, 2.45) is 0 Å². The minimum atomic E-state index is -0.485. The highest BCUT2D eigenvalue weighted by molar-refractivity contribution is 5.97. The molecular formula is C20H18FN7O2. The standard InChI is InChI=1S/C20H18FN7O2/c21-17-12-23-18-19(22-9-11-27(17)18)30-14-4-3-10-26(13-14)20(29)15-5-1-2-6-16(15)28-24-7-8-25-28/h1-2,5-9,11-12,14H,3-4,10,13H2. The first-order chi connectivity index (χ1) is 14.7. The van der Waals surface area contributed by atoms with E-state index in [9.17, 15) is 9.18 Å². The Morgan fingerprint density at radius 1 is 1.13 bits per heavy atom. The van der Waals surface area contributed by atoms with Gasteiger partial charge in [-0.2, -0.15) is 19.4 Å². The van der Waals surface area contributed by atoms with E-state index >= 15 is 0 Å². The summed E-state index contributed by atoms with van der Waals surface area (Å²) in [5.74, 6) is -0.349. The molecular weight excluding hydrogens is 389 g/mol. The molecule has 10 heteroatoms. The van der Waals surface area contributed by atoms with Crippen LogP contribution in [0.1, 0.15) is 23.2 Å². The predicted octanol–water partition coefficient (Wildman–Crippen LogP) is 2.13. The number of imidazole rings is 1. The number of carbonyl (C=O) groups excluding carboxylic acids is 1. The zero-order valence-electron chi connectivity index (χ0n) is 15.9. The van der Waals surface area contributed by atoms with Crippen molar-refractivity contribution in [3.63, 3.8) is 0 Å². The Morgan fingerprint density at radius 3 is 2.83 bits per heavy atom. The molecule has 0 bridgehead atoms. The molecule has 0 aliphatic carbocycles. The second-order valence-corrected chi connectivity index (χ2v) is 6.98. The smallest absolute Gasteiger partial charge is 0.258 e. The van der Waals surface area contributed by atoms with Crippen LogP contribution in [0.4, 0.5) is 4.39 Å². The van der Waals surface area contributed by atoms with Gasteiger partial charge in [0.1, 0.15) is 6.10 Å². The van der Waals surface area contributed by atoms with Crippen LogP contribution in [0.3, 0.4) is 0 Å². The minimum absolute atomic E-state index is 0.116. The molecule has 1 aromatic carbocycles. The van der Waals surface area contributed by atoms with Crippen molar-refractivity contribution in [2.45, 2.75) is 18.9 Å². The highest BCUT2D eigenvalue weighted by atomic mass is 19.1. The first-order valence-corrected chi connectivity index (χ1v) is 9.60. The van der Waals surface area contributed by atoms with E-state index in [0.29, 0.717) is 30.0 Å². The summed E-state index contributed by atoms with van der Waals surface area (Å²) in [7, 11) is 0. The van der Waals surface area contributed by atoms with Gasteiger partial charge < -0.3 is 9.64 Å². The second-order valence-electron chi connectivity index (χ2n) is 6.98. The fraction of sp³-hybridized carbons (Fsp3) is 0.250. The molecule has 0 radical (unpaired) electrons. The lowest BCUT2D eigenvalue weighted by Crippen LogP contribution is -2.44. The zero-order valence-corrected chi connectivity index (χ0v) is 15.9. The minimum Gasteiger partial charge on any atom is -0.470 e. The fourth-order valence-electron chi connectivity index (χ4n) is 3.66. The Labute approximate surface area is 170 Å². The van der Waals surface area contributed by atoms with Crippen LogP contribution < -0.4 is 4.74 Å². The van der Waals surface area contributed by atoms with Crippen LogP contribution in [-0.2, 0) is 0 Å². The van der Waals surface area contributed by atoms with Gasteiger partial charge in [-0.15, -0.1) is 0 Å². The lowest BCUT2D eigenvalue weighted by atomic mass is 10.1. The third-order valence-corrected chi connectivity index (χ3v) is 5.06. The summed E-state index contributed by atoms with van der Waals surface area (Å²) in [6.45, 7) is 1.01. The van der Waals surface area contributed by atoms with E-state index < -0.39 is 5.95 Å². The third kappa shape index (κ3) is 3.25. The summed E-state index contributed by atoms with van der Waals surface area (Å²) in [6.07, 6.45) is 8.49. The molecule has 5 rings (SSSR count). The van der Waals surface area contributed by atoms with Crippen LogP contribution >= 0.6 is 0 Å². The summed E-state index contributed by atoms with van der Waals surface area (Å²) in [5, 5.41) is 8.28. The van der Waals surface area contributed by atoms with Gasteiger partial charge in [0.2, 0.25) is 11.6 Å². The topological polar surface area (TPSA) is 90.4 Å². The number of carbonyl (C=O) groups is 1. The molecule has 0 N–H and O–H groups in total. The van der Waals surface area contributed by atoms with E-state index in [1.165, 1.54) is 21.6 Å². The van der Waals surface area contributed by atoms with E-state index in [-0.39, 0.29) is 17.9 Å². The SMILES string of the molecule is O=C(c1ccccc1-n1nccn1)N1CCCC(Oc2nccn3c(F)cnc23)C1. The summed E-state index contributed by atoms with van der Waals surface area (Å²) in [4.78, 5) is 24.7. The largest absolute Gasteiger partial charge is 0.470 e. The van der Waals surface area contributed by atoms with Crippen LogP contribution in [0, 0.1) is 5.95 Å². The average molecular weight is 407 g/mol. The number of likely N-dealkylation sites (tertiary alicyclic amines) is 1. The molecule has 9 nitrogen and oxygen atoms in total. The zero-order chi connectivity index (χ0) is 20.5. The predicted molar refractivity (Wildman–Crippen MR) is 104 cm³/mol. The Hall–Kier alpha value is -3.82. The fourth-order valence-corrected chi connectivity index (χ4v) is 3.66. The highest BCUT2D eigenvalue weighted by Crippen LogP contribution is 2.23. The van der Waals surface area contributed by atoms with Gasteiger partial charge in [0.15, 0.2) is 0 Å². The van der Waals surface area contributed by atoms with Gasteiger partial charge >= 0.3 is 0 Å². The summed E-state index contributed by atoms with van der Waals surface area (Å²) < 4.78 is 21.1. The number of amides is 1. The Balaban J connectivity index is 1.37. The average Bonchev–Trinajstić information content (AvgIpc) is 3.45. The van der Waals surface area contributed by atoms with Crippen molar-refractivity contribution in [1.82, 2.24) is 34.3 Å². The Kier molecular flexibility index (Phi) is 4.58. The van der Waals surface area contributed by atoms with E-state index in [0.717, 1.165) is 19.0 Å². The molecule has 1 unspecified atom stereocenters. The van der Waals surface area contributed by atoms with Crippen LogP contribution in [0.25, 0.3) is 11.3 Å². The van der Waals surface area contributed by atoms with Gasteiger partial charge in [-0.25, -0.2) is 9.97 Å². The van der Waals surface area contributed by atoms with Crippen molar-refractivity contribution < 1.29 is 13.9 Å². The Bertz CT molecular complexity index is 1190. The molecule has 30 heavy (non-hydrogen) atoms. The van der Waals surface area contributed by atoms with Gasteiger partial charge in [-0.05, 0) is 25.0 Å². The molecule has 4 aromatic rings. The molecule has 1 saturated heterocycles. The van der Waals surface area contributed by atoms with E-state index in [2.05, 4.69) is 20.2 Å². The van der Waals surface area contributed by atoms with Crippen molar-refractivity contribution in [3.05, 3.63) is 66.8 Å². The maximum atomic E-state index is 13.8. The third-order valence-electron chi connectivity index (χ3n) is 5.06. The van der Waals surface area contributed by atoms with Crippen molar-refractivity contribution in [2.75, 3.05) is 13.1 Å². The number of nitrogens with zero attached hydrogens (tertiary/aromatic N) is 7. The number of para-hydroxylation sites is 1. The van der Waals surface area contributed by atoms with Crippen LogP contribution in [0.2, 0.25) is 0 Å². The van der Waals surface area contributed by atoms with E-state index in [4.69, 9.17) is 4.74 Å². The van der Waals surface area contributed by atoms with Crippen LogP contribution in [0.15, 0.2) is 55.2 Å². The normalized spacial score (nSPS) is 16.7. The van der Waals surface area contributed by atoms with Gasteiger partial charge in [-0.3, -0.25) is 9.20 Å². The summed E-state index contributed by atoms with van der Waals surface area (Å²) in [6, 6.07) is 7.23. The van der Waals surface area contributed by atoms with Crippen LogP contribution in [0.5, 0.6) is 5.88 Å². The summed E-state index contributed by atoms with van der Waals surface area (Å²) in [5.41, 5.74) is 1.45. The first kappa shape index (κ1) is 18.2. The molecule has 1 fully saturated rings. The molecule has 0 saturated carbocycles. The van der Waals surface area contributed by atoms with Crippen molar-refractivity contribution in [3.8, 4) is 11.6 Å². The number of benzene rings is 1. The van der Waals surface area contributed by atoms with Gasteiger partial charge in [0.05, 0.1) is 36.4 Å². The lowest BCUT2D eigenvalue weighted by molar-refractivity contribution is 0.0530. The molecule has 0 spiro atoms. The number of fused-ring (bicyclic) bond motifs is 1. The van der Waals surface area contributed by atoms with Gasteiger partial charge in [0, 0.05) is 18.9 Å². The lowest BCUT2D eigenvalue weighted by Gasteiger charge is -2.33. The van der Waals surface area contributed by atoms with Crippen LogP contribution in [-0.4, -0.2) is 59.4 Å². The number of ether oxygens (including phenoxy) is 1. The van der Waals surface area contributed by atoms with E-state index in [1.54, 1.807) is 23.4 Å².